The van der Waals surface area contributed by atoms with Crippen LogP contribution in [-0.2, 0) is 4.79 Å². The number of isocyanates is 1. The van der Waals surface area contributed by atoms with E-state index in [1.807, 2.05) is 19.1 Å². The van der Waals surface area contributed by atoms with Gasteiger partial charge in [-0.25, -0.2) is 4.79 Å². The highest BCUT2D eigenvalue weighted by molar-refractivity contribution is 5.97. The lowest BCUT2D eigenvalue weighted by Crippen LogP contribution is -1.94. The van der Waals surface area contributed by atoms with Gasteiger partial charge in [0.2, 0.25) is 6.08 Å². The molecule has 0 saturated heterocycles. The molecule has 0 aromatic carbocycles. The molecule has 1 rings (SSSR count). The van der Waals surface area contributed by atoms with Crippen LogP contribution in [0.3, 0.4) is 0 Å². The van der Waals surface area contributed by atoms with E-state index in [2.05, 4.69) is 20.2 Å². The minimum atomic E-state index is 0.283. The summed E-state index contributed by atoms with van der Waals surface area (Å²) in [7, 11) is 0. The van der Waals surface area contributed by atoms with Gasteiger partial charge in [0, 0.05) is 6.20 Å². The molecule has 0 unspecified atom stereocenters. The Morgan fingerprint density at radius 2 is 2.21 bits per heavy atom. The smallest absolute Gasteiger partial charge is 0.241 e. The van der Waals surface area contributed by atoms with Crippen molar-refractivity contribution in [3.05, 3.63) is 24.0 Å². The van der Waals surface area contributed by atoms with Gasteiger partial charge < -0.3 is 4.98 Å². The largest absolute Gasteiger partial charge is 0.360 e. The summed E-state index contributed by atoms with van der Waals surface area (Å²) in [5.41, 5.74) is 1.62. The first-order valence-corrected chi connectivity index (χ1v) is 4.04. The lowest BCUT2D eigenvalue weighted by atomic mass is 10.3. The highest BCUT2D eigenvalue weighted by atomic mass is 16.1. The fourth-order valence-electron chi connectivity index (χ4n) is 0.845. The van der Waals surface area contributed by atoms with Gasteiger partial charge in [0.15, 0.2) is 5.84 Å². The van der Waals surface area contributed by atoms with Gasteiger partial charge in [-0.2, -0.15) is 10.1 Å². The first-order chi connectivity index (χ1) is 6.74. The number of H-pyrrole nitrogens is 1. The zero-order valence-electron chi connectivity index (χ0n) is 7.98. The molecule has 0 fully saturated rings. The quantitative estimate of drug-likeness (QED) is 0.326. The number of amidine groups is 1. The number of nitrogens with one attached hydrogen (secondary N) is 1. The van der Waals surface area contributed by atoms with E-state index in [4.69, 9.17) is 0 Å². The predicted molar refractivity (Wildman–Crippen MR) is 54.2 cm³/mol. The van der Waals surface area contributed by atoms with E-state index >= 15 is 0 Å². The molecule has 1 N–H and O–H groups in total. The van der Waals surface area contributed by atoms with E-state index in [9.17, 15) is 4.79 Å². The van der Waals surface area contributed by atoms with Crippen molar-refractivity contribution in [2.75, 3.05) is 0 Å². The van der Waals surface area contributed by atoms with Crippen LogP contribution in [0.5, 0.6) is 0 Å². The third-order valence-electron chi connectivity index (χ3n) is 1.54. The molecule has 0 saturated carbocycles. The number of aliphatic imine (C=N–C) groups is 1. The Morgan fingerprint density at radius 3 is 2.79 bits per heavy atom. The van der Waals surface area contributed by atoms with Crippen LogP contribution in [-0.4, -0.2) is 22.6 Å². The van der Waals surface area contributed by atoms with E-state index in [0.717, 1.165) is 11.4 Å². The van der Waals surface area contributed by atoms with Crippen molar-refractivity contribution in [2.24, 2.45) is 15.2 Å². The Balaban J connectivity index is 2.80. The highest BCUT2D eigenvalue weighted by Gasteiger charge is 1.95. The zero-order valence-corrected chi connectivity index (χ0v) is 7.98. The van der Waals surface area contributed by atoms with Gasteiger partial charge in [0.1, 0.15) is 0 Å². The average Bonchev–Trinajstić information content (AvgIpc) is 2.67. The molecule has 0 atom stereocenters. The van der Waals surface area contributed by atoms with E-state index < -0.39 is 0 Å². The molecule has 72 valence electrons. The van der Waals surface area contributed by atoms with E-state index in [-0.39, 0.29) is 5.84 Å². The third-order valence-corrected chi connectivity index (χ3v) is 1.54. The second-order valence-electron chi connectivity index (χ2n) is 2.62. The monoisotopic (exact) mass is 190 g/mol. The Kier molecular flexibility index (Phi) is 3.52. The fourth-order valence-corrected chi connectivity index (χ4v) is 0.845. The number of hydrogen-bond donors (Lipinski definition) is 1. The van der Waals surface area contributed by atoms with Gasteiger partial charge in [-0.05, 0) is 26.0 Å². The van der Waals surface area contributed by atoms with Crippen molar-refractivity contribution in [3.63, 3.8) is 0 Å². The van der Waals surface area contributed by atoms with Crippen molar-refractivity contribution >= 4 is 17.6 Å². The summed E-state index contributed by atoms with van der Waals surface area (Å²) in [4.78, 5) is 16.2. The first kappa shape index (κ1) is 10.1. The summed E-state index contributed by atoms with van der Waals surface area (Å²) in [5.74, 6) is 0.283. The van der Waals surface area contributed by atoms with Gasteiger partial charge in [-0.15, -0.1) is 5.10 Å². The average molecular weight is 190 g/mol. The van der Waals surface area contributed by atoms with Crippen LogP contribution >= 0.6 is 0 Å². The maximum atomic E-state index is 9.86. The molecule has 5 nitrogen and oxygen atoms in total. The molecule has 0 spiro atoms. The summed E-state index contributed by atoms with van der Waals surface area (Å²) < 4.78 is 0. The molecule has 14 heavy (non-hydrogen) atoms. The Bertz CT molecular complexity index is 396. The molecule has 0 aliphatic carbocycles. The van der Waals surface area contributed by atoms with Gasteiger partial charge in [0.05, 0.1) is 11.4 Å². The molecule has 0 bridgehead atoms. The zero-order chi connectivity index (χ0) is 10.4. The number of hydrogen-bond acceptors (Lipinski definition) is 3. The van der Waals surface area contributed by atoms with Crippen molar-refractivity contribution in [3.8, 4) is 0 Å². The van der Waals surface area contributed by atoms with Crippen LogP contribution in [0.25, 0.3) is 0 Å². The number of rotatable bonds is 2. The summed E-state index contributed by atoms with van der Waals surface area (Å²) in [5, 5.41) is 7.61. The molecule has 0 aliphatic heterocycles. The van der Waals surface area contributed by atoms with Crippen molar-refractivity contribution in [2.45, 2.75) is 13.8 Å². The minimum Gasteiger partial charge on any atom is -0.360 e. The second kappa shape index (κ2) is 4.89. The van der Waals surface area contributed by atoms with Crippen LogP contribution in [0, 0.1) is 0 Å². The number of aromatic amines is 1. The molecule has 1 aromatic heterocycles. The summed E-state index contributed by atoms with van der Waals surface area (Å²) >= 11 is 0. The standard InChI is InChI=1S/C9H10N4O/c1-7(9-4-3-5-10-9)12-13-8(2)11-6-14/h3-5,10H,1-2H3/b12-7+,13-8+. The number of carbonyl (C=O) groups excluding carboxylic acids is 1. The van der Waals surface area contributed by atoms with Crippen LogP contribution in [0.4, 0.5) is 0 Å². The SMILES string of the molecule is C/C(N=C=O)=N\N=C(/C)c1ccc[nH]1. The fraction of sp³-hybridized carbons (Fsp3) is 0.222. The topological polar surface area (TPSA) is 69.9 Å². The normalized spacial score (nSPS) is 12.4. The Morgan fingerprint density at radius 1 is 1.43 bits per heavy atom. The molecule has 0 amide bonds. The highest BCUT2D eigenvalue weighted by Crippen LogP contribution is 1.97. The summed E-state index contributed by atoms with van der Waals surface area (Å²) in [6.45, 7) is 3.39. The molecule has 0 radical (unpaired) electrons. The first-order valence-electron chi connectivity index (χ1n) is 4.04. The lowest BCUT2D eigenvalue weighted by molar-refractivity contribution is 0.565. The summed E-state index contributed by atoms with van der Waals surface area (Å²) in [6.07, 6.45) is 3.19. The number of nitrogens with zero attached hydrogens (tertiary/aromatic N) is 3. The molecule has 0 aliphatic rings. The Hall–Kier alpha value is -2.00. The molecular formula is C9H10N4O. The van der Waals surface area contributed by atoms with Crippen LogP contribution in [0.15, 0.2) is 33.5 Å². The van der Waals surface area contributed by atoms with E-state index in [1.165, 1.54) is 6.08 Å². The minimum absolute atomic E-state index is 0.283. The van der Waals surface area contributed by atoms with Crippen molar-refractivity contribution in [1.82, 2.24) is 4.98 Å². The molecule has 5 heteroatoms. The maximum absolute atomic E-state index is 9.86. The van der Waals surface area contributed by atoms with Gasteiger partial charge in [0.25, 0.3) is 0 Å². The van der Waals surface area contributed by atoms with E-state index in [0.29, 0.717) is 0 Å². The van der Waals surface area contributed by atoms with E-state index in [1.54, 1.807) is 13.1 Å². The van der Waals surface area contributed by atoms with Crippen molar-refractivity contribution in [1.29, 1.82) is 0 Å². The summed E-state index contributed by atoms with van der Waals surface area (Å²) in [6, 6.07) is 3.75. The van der Waals surface area contributed by atoms with Gasteiger partial charge in [-0.1, -0.05) is 0 Å². The van der Waals surface area contributed by atoms with Crippen LogP contribution in [0.1, 0.15) is 19.5 Å². The lowest BCUT2D eigenvalue weighted by Gasteiger charge is -1.92. The second-order valence-corrected chi connectivity index (χ2v) is 2.62. The van der Waals surface area contributed by atoms with Gasteiger partial charge >= 0.3 is 0 Å². The number of aromatic nitrogens is 1. The molecular weight excluding hydrogens is 180 g/mol. The molecule has 1 aromatic rings. The predicted octanol–water partition coefficient (Wildman–Crippen LogP) is 1.49. The van der Waals surface area contributed by atoms with Crippen LogP contribution in [0.2, 0.25) is 0 Å². The molecule has 1 heterocycles. The van der Waals surface area contributed by atoms with Gasteiger partial charge in [-0.3, -0.25) is 0 Å². The van der Waals surface area contributed by atoms with Crippen molar-refractivity contribution < 1.29 is 4.79 Å². The Labute approximate surface area is 81.3 Å². The maximum Gasteiger partial charge on any atom is 0.241 e. The third kappa shape index (κ3) is 2.80. The van der Waals surface area contributed by atoms with Crippen LogP contribution < -0.4 is 0 Å².